The van der Waals surface area contributed by atoms with Gasteiger partial charge in [0.05, 0.1) is 22.5 Å². The summed E-state index contributed by atoms with van der Waals surface area (Å²) >= 11 is 4.39. The van der Waals surface area contributed by atoms with E-state index in [1.807, 2.05) is 38.3 Å². The van der Waals surface area contributed by atoms with Crippen molar-refractivity contribution >= 4 is 40.3 Å². The Balaban J connectivity index is 1.59. The number of thiophene rings is 1. The molecule has 1 atom stereocenters. The van der Waals surface area contributed by atoms with E-state index in [0.29, 0.717) is 17.7 Å². The predicted molar refractivity (Wildman–Crippen MR) is 96.4 cm³/mol. The maximum absolute atomic E-state index is 12.2. The summed E-state index contributed by atoms with van der Waals surface area (Å²) in [5, 5.41) is 14.0. The summed E-state index contributed by atoms with van der Waals surface area (Å²) in [4.78, 5) is 18.5. The van der Waals surface area contributed by atoms with Gasteiger partial charge in [0.15, 0.2) is 0 Å². The van der Waals surface area contributed by atoms with Gasteiger partial charge < -0.3 is 9.73 Å². The lowest BCUT2D eigenvalue weighted by Crippen LogP contribution is -2.30. The van der Waals surface area contributed by atoms with E-state index < -0.39 is 0 Å². The van der Waals surface area contributed by atoms with Crippen LogP contribution in [0.4, 0.5) is 0 Å². The molecule has 0 radical (unpaired) electrons. The standard InChI is InChI=1S/C15H16N4O2S3/c1-8-12(24-10(3)17-8)14-18-19-15(21-14)23-9(2)13(20)16-7-11-5-4-6-22-11/h4-6,9H,7H2,1-3H3,(H,16,20)/t9-/m1/s1. The van der Waals surface area contributed by atoms with Crippen molar-refractivity contribution in [1.29, 1.82) is 0 Å². The normalized spacial score (nSPS) is 12.3. The molecule has 3 rings (SSSR count). The fraction of sp³-hybridized carbons (Fsp3) is 0.333. The van der Waals surface area contributed by atoms with Crippen LogP contribution in [0, 0.1) is 13.8 Å². The van der Waals surface area contributed by atoms with Crippen LogP contribution in [-0.4, -0.2) is 26.3 Å². The van der Waals surface area contributed by atoms with Gasteiger partial charge in [-0.1, -0.05) is 17.8 Å². The highest BCUT2D eigenvalue weighted by Gasteiger charge is 2.20. The van der Waals surface area contributed by atoms with Gasteiger partial charge in [-0.05, 0) is 32.2 Å². The lowest BCUT2D eigenvalue weighted by atomic mass is 10.4. The van der Waals surface area contributed by atoms with Crippen molar-refractivity contribution in [3.63, 3.8) is 0 Å². The predicted octanol–water partition coefficient (Wildman–Crippen LogP) is 3.67. The van der Waals surface area contributed by atoms with Crippen molar-refractivity contribution in [2.24, 2.45) is 0 Å². The number of thioether (sulfide) groups is 1. The van der Waals surface area contributed by atoms with Crippen LogP contribution >= 0.6 is 34.4 Å². The van der Waals surface area contributed by atoms with Crippen molar-refractivity contribution in [3.05, 3.63) is 33.1 Å². The van der Waals surface area contributed by atoms with Gasteiger partial charge in [0, 0.05) is 4.88 Å². The second kappa shape index (κ2) is 7.45. The van der Waals surface area contributed by atoms with Crippen molar-refractivity contribution in [2.45, 2.75) is 37.8 Å². The third kappa shape index (κ3) is 4.03. The Morgan fingerprint density at radius 1 is 1.42 bits per heavy atom. The van der Waals surface area contributed by atoms with Crippen LogP contribution in [0.1, 0.15) is 22.5 Å². The number of nitrogens with one attached hydrogen (secondary N) is 1. The molecule has 3 aromatic rings. The van der Waals surface area contributed by atoms with Crippen molar-refractivity contribution in [3.8, 4) is 10.8 Å². The third-order valence-electron chi connectivity index (χ3n) is 3.17. The lowest BCUT2D eigenvalue weighted by Gasteiger charge is -2.08. The number of nitrogens with zero attached hydrogens (tertiary/aromatic N) is 3. The first-order chi connectivity index (χ1) is 11.5. The fourth-order valence-electron chi connectivity index (χ4n) is 2.01. The minimum Gasteiger partial charge on any atom is -0.410 e. The van der Waals surface area contributed by atoms with Crippen LogP contribution in [0.5, 0.6) is 0 Å². The van der Waals surface area contributed by atoms with Crippen LogP contribution < -0.4 is 5.32 Å². The highest BCUT2D eigenvalue weighted by molar-refractivity contribution is 8.00. The molecule has 0 unspecified atom stereocenters. The van der Waals surface area contributed by atoms with Gasteiger partial charge in [-0.25, -0.2) is 4.98 Å². The van der Waals surface area contributed by atoms with Gasteiger partial charge in [-0.2, -0.15) is 0 Å². The number of carbonyl (C=O) groups excluding carboxylic acids is 1. The largest absolute Gasteiger partial charge is 0.410 e. The minimum absolute atomic E-state index is 0.0574. The summed E-state index contributed by atoms with van der Waals surface area (Å²) in [6.07, 6.45) is 0. The quantitative estimate of drug-likeness (QED) is 0.657. The molecule has 0 aromatic carbocycles. The van der Waals surface area contributed by atoms with Crippen molar-refractivity contribution in [1.82, 2.24) is 20.5 Å². The monoisotopic (exact) mass is 380 g/mol. The molecule has 0 spiro atoms. The highest BCUT2D eigenvalue weighted by Crippen LogP contribution is 2.31. The zero-order chi connectivity index (χ0) is 17.1. The average Bonchev–Trinajstić information content (AvgIpc) is 3.26. The zero-order valence-electron chi connectivity index (χ0n) is 13.4. The molecule has 0 aliphatic heterocycles. The van der Waals surface area contributed by atoms with E-state index in [9.17, 15) is 4.79 Å². The maximum atomic E-state index is 12.2. The van der Waals surface area contributed by atoms with Crippen LogP contribution in [-0.2, 0) is 11.3 Å². The SMILES string of the molecule is Cc1nc(C)c(-c2nnc(S[C@H](C)C(=O)NCc3cccs3)o2)s1. The van der Waals surface area contributed by atoms with Gasteiger partial charge in [0.25, 0.3) is 11.1 Å². The summed E-state index contributed by atoms with van der Waals surface area (Å²) in [7, 11) is 0. The molecule has 0 aliphatic carbocycles. The van der Waals surface area contributed by atoms with E-state index in [2.05, 4.69) is 20.5 Å². The van der Waals surface area contributed by atoms with Gasteiger partial charge in [0.1, 0.15) is 4.88 Å². The van der Waals surface area contributed by atoms with Gasteiger partial charge in [0.2, 0.25) is 5.91 Å². The second-order valence-electron chi connectivity index (χ2n) is 5.08. The summed E-state index contributed by atoms with van der Waals surface area (Å²) in [5.41, 5.74) is 0.874. The van der Waals surface area contributed by atoms with E-state index in [1.165, 1.54) is 23.1 Å². The topological polar surface area (TPSA) is 80.9 Å². The maximum Gasteiger partial charge on any atom is 0.277 e. The molecule has 1 N–H and O–H groups in total. The number of thiazole rings is 1. The highest BCUT2D eigenvalue weighted by atomic mass is 32.2. The number of amides is 1. The average molecular weight is 381 g/mol. The van der Waals surface area contributed by atoms with Gasteiger partial charge in [-0.15, -0.1) is 32.9 Å². The summed E-state index contributed by atoms with van der Waals surface area (Å²) in [5.74, 6) is 0.393. The Bertz CT molecular complexity index is 826. The molecule has 0 saturated heterocycles. The molecular formula is C15H16N4O2S3. The molecule has 0 aliphatic rings. The smallest absolute Gasteiger partial charge is 0.277 e. The molecule has 126 valence electrons. The molecule has 9 heteroatoms. The number of carbonyl (C=O) groups is 1. The van der Waals surface area contributed by atoms with Crippen LogP contribution in [0.3, 0.4) is 0 Å². The Labute approximate surface area is 151 Å². The number of hydrogen-bond acceptors (Lipinski definition) is 8. The Hall–Kier alpha value is -1.71. The second-order valence-corrected chi connectivity index (χ2v) is 8.61. The van der Waals surface area contributed by atoms with Crippen LogP contribution in [0.25, 0.3) is 10.8 Å². The molecule has 3 heterocycles. The number of hydrogen-bond donors (Lipinski definition) is 1. The third-order valence-corrected chi connectivity index (χ3v) is 6.04. The molecule has 24 heavy (non-hydrogen) atoms. The van der Waals surface area contributed by atoms with E-state index >= 15 is 0 Å². The zero-order valence-corrected chi connectivity index (χ0v) is 15.8. The van der Waals surface area contributed by atoms with Gasteiger partial charge >= 0.3 is 0 Å². The number of aromatic nitrogens is 3. The fourth-order valence-corrected chi connectivity index (χ4v) is 4.21. The number of rotatable bonds is 6. The summed E-state index contributed by atoms with van der Waals surface area (Å²) < 4.78 is 5.67. The van der Waals surface area contributed by atoms with Crippen molar-refractivity contribution in [2.75, 3.05) is 0 Å². The van der Waals surface area contributed by atoms with Crippen molar-refractivity contribution < 1.29 is 9.21 Å². The van der Waals surface area contributed by atoms with E-state index in [-0.39, 0.29) is 11.2 Å². The Morgan fingerprint density at radius 3 is 2.92 bits per heavy atom. The molecule has 1 amide bonds. The first-order valence-electron chi connectivity index (χ1n) is 7.27. The lowest BCUT2D eigenvalue weighted by molar-refractivity contribution is -0.120. The van der Waals surface area contributed by atoms with Crippen LogP contribution in [0.2, 0.25) is 0 Å². The van der Waals surface area contributed by atoms with Gasteiger partial charge in [-0.3, -0.25) is 4.79 Å². The summed E-state index contributed by atoms with van der Waals surface area (Å²) in [6.45, 7) is 6.21. The van der Waals surface area contributed by atoms with Crippen LogP contribution in [0.15, 0.2) is 27.2 Å². The molecule has 6 nitrogen and oxygen atoms in total. The Kier molecular flexibility index (Phi) is 5.32. The Morgan fingerprint density at radius 2 is 2.25 bits per heavy atom. The molecule has 0 bridgehead atoms. The molecule has 3 aromatic heterocycles. The minimum atomic E-state index is -0.317. The first-order valence-corrected chi connectivity index (χ1v) is 9.85. The molecule has 0 fully saturated rings. The number of aryl methyl sites for hydroxylation is 2. The molecular weight excluding hydrogens is 364 g/mol. The molecule has 0 saturated carbocycles. The van der Waals surface area contributed by atoms with E-state index in [1.54, 1.807) is 11.3 Å². The summed E-state index contributed by atoms with van der Waals surface area (Å²) in [6, 6.07) is 3.96. The first kappa shape index (κ1) is 17.1. The van der Waals surface area contributed by atoms with E-state index in [4.69, 9.17) is 4.42 Å². The van der Waals surface area contributed by atoms with E-state index in [0.717, 1.165) is 20.5 Å².